The zero-order valence-corrected chi connectivity index (χ0v) is 19.0. The van der Waals surface area contributed by atoms with E-state index in [-0.39, 0.29) is 11.5 Å². The lowest BCUT2D eigenvalue weighted by Gasteiger charge is -2.27. The predicted molar refractivity (Wildman–Crippen MR) is 121 cm³/mol. The molecule has 1 heterocycles. The van der Waals surface area contributed by atoms with Gasteiger partial charge in [0.05, 0.1) is 13.2 Å². The Kier molecular flexibility index (Phi) is 9.33. The van der Waals surface area contributed by atoms with Crippen molar-refractivity contribution in [1.82, 2.24) is 4.90 Å². The Morgan fingerprint density at radius 1 is 1.00 bits per heavy atom. The molecule has 0 bridgehead atoms. The molecule has 0 spiro atoms. The van der Waals surface area contributed by atoms with Crippen molar-refractivity contribution in [2.45, 2.75) is 59.8 Å². The third-order valence-electron chi connectivity index (χ3n) is 5.14. The fourth-order valence-corrected chi connectivity index (χ4v) is 3.35. The van der Waals surface area contributed by atoms with Gasteiger partial charge >= 0.3 is 0 Å². The van der Waals surface area contributed by atoms with Crippen LogP contribution in [0.4, 0.5) is 0 Å². The second-order valence-corrected chi connectivity index (χ2v) is 7.48. The lowest BCUT2D eigenvalue weighted by Crippen LogP contribution is -2.43. The normalized spacial score (nSPS) is 15.5. The number of unbranched alkanes of at least 4 members (excludes halogenated alkanes) is 3. The quantitative estimate of drug-likeness (QED) is 0.282. The summed E-state index contributed by atoms with van der Waals surface area (Å²) in [5.74, 6) is 0.398. The van der Waals surface area contributed by atoms with Crippen molar-refractivity contribution in [3.8, 4) is 17.6 Å². The average Bonchev–Trinajstić information content (AvgIpc) is 2.76. The van der Waals surface area contributed by atoms with Crippen molar-refractivity contribution < 1.29 is 19.1 Å². The number of hydrogen-bond donors (Lipinski definition) is 0. The molecule has 1 aliphatic rings. The molecule has 0 radical (unpaired) electrons. The molecule has 6 heteroatoms. The van der Waals surface area contributed by atoms with E-state index in [1.54, 1.807) is 13.0 Å². The number of nitriles is 1. The summed E-state index contributed by atoms with van der Waals surface area (Å²) in [6, 6.07) is 7.48. The molecule has 1 aliphatic heterocycles. The van der Waals surface area contributed by atoms with Gasteiger partial charge in [-0.05, 0) is 56.0 Å². The molecule has 0 saturated carbocycles. The van der Waals surface area contributed by atoms with Crippen LogP contribution >= 0.6 is 0 Å². The van der Waals surface area contributed by atoms with E-state index < -0.39 is 5.91 Å². The van der Waals surface area contributed by atoms with Crippen molar-refractivity contribution in [2.24, 2.45) is 0 Å². The number of benzene rings is 1. The summed E-state index contributed by atoms with van der Waals surface area (Å²) in [5, 5.41) is 9.51. The number of amides is 2. The van der Waals surface area contributed by atoms with Crippen LogP contribution in [-0.4, -0.2) is 36.5 Å². The van der Waals surface area contributed by atoms with Crippen LogP contribution in [0.5, 0.6) is 11.5 Å². The van der Waals surface area contributed by atoms with Crippen LogP contribution in [0.25, 0.3) is 6.08 Å². The second-order valence-electron chi connectivity index (χ2n) is 7.48. The summed E-state index contributed by atoms with van der Waals surface area (Å²) >= 11 is 0. The standard InChI is InChI=1S/C25H32N2O4/c1-5-8-10-13-27-24(28)20(18(4)21(17-26)25(27)29)15-19-11-12-22(31-14-9-6-2)23(16-19)30-7-3/h11-12,15-16H,5-10,13-14H2,1-4H3/b20-15+. The minimum absolute atomic E-state index is 0.0203. The summed E-state index contributed by atoms with van der Waals surface area (Å²) in [6.45, 7) is 9.12. The Morgan fingerprint density at radius 3 is 2.39 bits per heavy atom. The molecule has 0 fully saturated rings. The molecule has 2 rings (SSSR count). The molecule has 0 aliphatic carbocycles. The molecule has 0 unspecified atom stereocenters. The number of carbonyl (C=O) groups is 2. The molecule has 1 aromatic carbocycles. The fourth-order valence-electron chi connectivity index (χ4n) is 3.35. The topological polar surface area (TPSA) is 79.6 Å². The van der Waals surface area contributed by atoms with E-state index in [0.717, 1.165) is 37.7 Å². The molecule has 0 aromatic heterocycles. The summed E-state index contributed by atoms with van der Waals surface area (Å²) in [4.78, 5) is 26.9. The first-order chi connectivity index (χ1) is 15.0. The lowest BCUT2D eigenvalue weighted by atomic mass is 9.93. The Morgan fingerprint density at radius 2 is 1.74 bits per heavy atom. The molecule has 31 heavy (non-hydrogen) atoms. The zero-order valence-electron chi connectivity index (χ0n) is 19.0. The van der Waals surface area contributed by atoms with Gasteiger partial charge in [-0.15, -0.1) is 0 Å². The molecule has 0 N–H and O–H groups in total. The Bertz CT molecular complexity index is 909. The number of hydrogen-bond acceptors (Lipinski definition) is 5. The van der Waals surface area contributed by atoms with Gasteiger partial charge in [0.25, 0.3) is 11.8 Å². The molecule has 166 valence electrons. The average molecular weight is 425 g/mol. The lowest BCUT2D eigenvalue weighted by molar-refractivity contribution is -0.140. The Balaban J connectivity index is 2.41. The minimum Gasteiger partial charge on any atom is -0.490 e. The van der Waals surface area contributed by atoms with Crippen molar-refractivity contribution in [3.63, 3.8) is 0 Å². The number of imide groups is 1. The van der Waals surface area contributed by atoms with Gasteiger partial charge in [0, 0.05) is 12.1 Å². The largest absolute Gasteiger partial charge is 0.490 e. The van der Waals surface area contributed by atoms with Gasteiger partial charge in [-0.1, -0.05) is 39.2 Å². The van der Waals surface area contributed by atoms with Gasteiger partial charge in [0.1, 0.15) is 11.6 Å². The van der Waals surface area contributed by atoms with E-state index in [1.807, 2.05) is 31.2 Å². The van der Waals surface area contributed by atoms with Gasteiger partial charge in [-0.2, -0.15) is 5.26 Å². The maximum Gasteiger partial charge on any atom is 0.271 e. The summed E-state index contributed by atoms with van der Waals surface area (Å²) in [6.07, 6.45) is 6.32. The maximum atomic E-state index is 13.1. The highest BCUT2D eigenvalue weighted by Crippen LogP contribution is 2.32. The first-order valence-corrected chi connectivity index (χ1v) is 11.1. The fraction of sp³-hybridized carbons (Fsp3) is 0.480. The van der Waals surface area contributed by atoms with Crippen molar-refractivity contribution >= 4 is 17.9 Å². The van der Waals surface area contributed by atoms with E-state index >= 15 is 0 Å². The van der Waals surface area contributed by atoms with E-state index in [0.29, 0.717) is 42.4 Å². The van der Waals surface area contributed by atoms with Crippen LogP contribution in [0.3, 0.4) is 0 Å². The zero-order chi connectivity index (χ0) is 22.8. The van der Waals surface area contributed by atoms with Gasteiger partial charge in [-0.3, -0.25) is 14.5 Å². The first-order valence-electron chi connectivity index (χ1n) is 11.1. The predicted octanol–water partition coefficient (Wildman–Crippen LogP) is 5.05. The molecule has 1 aromatic rings. The minimum atomic E-state index is -0.507. The Labute approximate surface area is 185 Å². The molecular formula is C25H32N2O4. The SMILES string of the molecule is CCCCCN1C(=O)C(C#N)=C(C)/C(=C\c2ccc(OCCCC)c(OCC)c2)C1=O. The monoisotopic (exact) mass is 424 g/mol. The highest BCUT2D eigenvalue weighted by molar-refractivity contribution is 6.19. The molecule has 0 atom stereocenters. The summed E-state index contributed by atoms with van der Waals surface area (Å²) < 4.78 is 11.5. The molecular weight excluding hydrogens is 392 g/mol. The van der Waals surface area contributed by atoms with Crippen LogP contribution in [0.2, 0.25) is 0 Å². The van der Waals surface area contributed by atoms with E-state index in [1.165, 1.54) is 4.90 Å². The van der Waals surface area contributed by atoms with E-state index in [9.17, 15) is 14.9 Å². The molecule has 2 amide bonds. The molecule has 6 nitrogen and oxygen atoms in total. The van der Waals surface area contributed by atoms with Crippen LogP contribution in [0, 0.1) is 11.3 Å². The van der Waals surface area contributed by atoms with Crippen molar-refractivity contribution in [3.05, 3.63) is 40.5 Å². The van der Waals surface area contributed by atoms with Crippen molar-refractivity contribution in [1.29, 1.82) is 5.26 Å². The third kappa shape index (κ3) is 5.97. The third-order valence-corrected chi connectivity index (χ3v) is 5.14. The number of rotatable bonds is 11. The van der Waals surface area contributed by atoms with Crippen molar-refractivity contribution in [2.75, 3.05) is 19.8 Å². The van der Waals surface area contributed by atoms with Crippen LogP contribution < -0.4 is 9.47 Å². The number of ether oxygens (including phenoxy) is 2. The van der Waals surface area contributed by atoms with E-state index in [2.05, 4.69) is 13.8 Å². The van der Waals surface area contributed by atoms with E-state index in [4.69, 9.17) is 9.47 Å². The highest BCUT2D eigenvalue weighted by Gasteiger charge is 2.35. The summed E-state index contributed by atoms with van der Waals surface area (Å²) in [5.41, 5.74) is 1.53. The van der Waals surface area contributed by atoms with Crippen LogP contribution in [-0.2, 0) is 9.59 Å². The van der Waals surface area contributed by atoms with Gasteiger partial charge in [-0.25, -0.2) is 0 Å². The maximum absolute atomic E-state index is 13.1. The smallest absolute Gasteiger partial charge is 0.271 e. The van der Waals surface area contributed by atoms with Gasteiger partial charge < -0.3 is 9.47 Å². The molecule has 0 saturated heterocycles. The Hall–Kier alpha value is -3.07. The van der Waals surface area contributed by atoms with Crippen LogP contribution in [0.15, 0.2) is 34.9 Å². The van der Waals surface area contributed by atoms with Gasteiger partial charge in [0.2, 0.25) is 0 Å². The number of nitrogens with zero attached hydrogens (tertiary/aromatic N) is 2. The van der Waals surface area contributed by atoms with Gasteiger partial charge in [0.15, 0.2) is 11.5 Å². The first kappa shape index (κ1) is 24.2. The second kappa shape index (κ2) is 11.9. The highest BCUT2D eigenvalue weighted by atomic mass is 16.5. The summed E-state index contributed by atoms with van der Waals surface area (Å²) in [7, 11) is 0. The van der Waals surface area contributed by atoms with Crippen LogP contribution in [0.1, 0.15) is 65.4 Å². The number of carbonyl (C=O) groups excluding carboxylic acids is 2.